The summed E-state index contributed by atoms with van der Waals surface area (Å²) in [5.41, 5.74) is 1.55. The highest BCUT2D eigenvalue weighted by atomic mass is 19.1. The Morgan fingerprint density at radius 1 is 1.25 bits per heavy atom. The second-order valence-electron chi connectivity index (χ2n) is 5.17. The van der Waals surface area contributed by atoms with Crippen molar-refractivity contribution in [1.29, 1.82) is 0 Å². The molecular weight excluding hydrogens is 259 g/mol. The molecule has 112 valence electrons. The minimum Gasteiger partial charge on any atom is -0.377 e. The summed E-state index contributed by atoms with van der Waals surface area (Å²) in [5, 5.41) is 3.11. The molecule has 0 amide bonds. The van der Waals surface area contributed by atoms with E-state index in [0.29, 0.717) is 18.8 Å². The van der Waals surface area contributed by atoms with Crippen LogP contribution in [-0.4, -0.2) is 46.6 Å². The second-order valence-corrected chi connectivity index (χ2v) is 5.17. The number of anilines is 1. The van der Waals surface area contributed by atoms with Crippen LogP contribution < -0.4 is 10.2 Å². The molecule has 0 aliphatic carbocycles. The van der Waals surface area contributed by atoms with Crippen LogP contribution in [0.1, 0.15) is 18.5 Å². The topological polar surface area (TPSA) is 33.7 Å². The largest absolute Gasteiger partial charge is 0.377 e. The third kappa shape index (κ3) is 2.95. The number of methoxy groups -OCH3 is 2. The Morgan fingerprint density at radius 3 is 2.30 bits per heavy atom. The van der Waals surface area contributed by atoms with Gasteiger partial charge in [0.15, 0.2) is 0 Å². The van der Waals surface area contributed by atoms with Crippen LogP contribution in [0.5, 0.6) is 0 Å². The lowest BCUT2D eigenvalue weighted by Gasteiger charge is -2.20. The van der Waals surface area contributed by atoms with Gasteiger partial charge in [-0.25, -0.2) is 4.39 Å². The van der Waals surface area contributed by atoms with Gasteiger partial charge in [0.25, 0.3) is 0 Å². The Kier molecular flexibility index (Phi) is 4.96. The predicted octanol–water partition coefficient (Wildman–Crippen LogP) is 1.96. The zero-order valence-electron chi connectivity index (χ0n) is 12.5. The average molecular weight is 282 g/mol. The zero-order chi connectivity index (χ0) is 14.7. The minimum atomic E-state index is -0.198. The quantitative estimate of drug-likeness (QED) is 0.895. The number of benzene rings is 1. The van der Waals surface area contributed by atoms with E-state index in [1.165, 1.54) is 0 Å². The first-order valence-electron chi connectivity index (χ1n) is 6.88. The minimum absolute atomic E-state index is 0.0182. The maximum absolute atomic E-state index is 14.3. The number of hydrogen-bond donors (Lipinski definition) is 1. The molecule has 1 aromatic carbocycles. The number of nitrogens with zero attached hydrogens (tertiary/aromatic N) is 1. The maximum Gasteiger partial charge on any atom is 0.146 e. The molecule has 1 heterocycles. The number of ether oxygens (including phenoxy) is 2. The average Bonchev–Trinajstić information content (AvgIpc) is 2.89. The van der Waals surface area contributed by atoms with Crippen LogP contribution in [0, 0.1) is 5.82 Å². The van der Waals surface area contributed by atoms with Gasteiger partial charge in [0, 0.05) is 33.4 Å². The standard InChI is InChI=1S/C15H23FN2O2/c1-10(17-2)11-5-6-13(12(16)7-11)18-8-14(19-3)15(9-18)20-4/h5-7,10,14-15,17H,8-9H2,1-4H3. The molecule has 0 radical (unpaired) electrons. The molecule has 0 aromatic heterocycles. The molecule has 1 aliphatic heterocycles. The first kappa shape index (κ1) is 15.2. The summed E-state index contributed by atoms with van der Waals surface area (Å²) in [6.07, 6.45) is -0.0365. The predicted molar refractivity (Wildman–Crippen MR) is 77.7 cm³/mol. The molecule has 3 unspecified atom stereocenters. The molecule has 0 bridgehead atoms. The molecule has 2 rings (SSSR count). The van der Waals surface area contributed by atoms with Crippen molar-refractivity contribution < 1.29 is 13.9 Å². The van der Waals surface area contributed by atoms with Crippen LogP contribution >= 0.6 is 0 Å². The zero-order valence-corrected chi connectivity index (χ0v) is 12.5. The van der Waals surface area contributed by atoms with Gasteiger partial charge in [0.05, 0.1) is 5.69 Å². The van der Waals surface area contributed by atoms with E-state index in [4.69, 9.17) is 9.47 Å². The third-order valence-electron chi connectivity index (χ3n) is 4.07. The van der Waals surface area contributed by atoms with Crippen LogP contribution in [0.3, 0.4) is 0 Å². The highest BCUT2D eigenvalue weighted by Gasteiger charge is 2.34. The molecular formula is C15H23FN2O2. The van der Waals surface area contributed by atoms with E-state index in [0.717, 1.165) is 5.56 Å². The smallest absolute Gasteiger partial charge is 0.146 e. The van der Waals surface area contributed by atoms with Crippen LogP contribution in [0.15, 0.2) is 18.2 Å². The van der Waals surface area contributed by atoms with Crippen molar-refractivity contribution in [2.24, 2.45) is 0 Å². The van der Waals surface area contributed by atoms with Gasteiger partial charge in [-0.05, 0) is 31.7 Å². The number of rotatable bonds is 5. The Morgan fingerprint density at radius 2 is 1.85 bits per heavy atom. The fourth-order valence-electron chi connectivity index (χ4n) is 2.61. The normalized spacial score (nSPS) is 24.1. The fraction of sp³-hybridized carbons (Fsp3) is 0.600. The molecule has 1 aromatic rings. The van der Waals surface area contributed by atoms with Crippen molar-refractivity contribution in [3.8, 4) is 0 Å². The summed E-state index contributed by atoms with van der Waals surface area (Å²) in [7, 11) is 5.19. The molecule has 1 aliphatic rings. The van der Waals surface area contributed by atoms with E-state index in [1.807, 2.05) is 31.0 Å². The molecule has 1 N–H and O–H groups in total. The first-order chi connectivity index (χ1) is 9.60. The first-order valence-corrected chi connectivity index (χ1v) is 6.88. The van der Waals surface area contributed by atoms with Crippen LogP contribution in [0.2, 0.25) is 0 Å². The molecule has 4 nitrogen and oxygen atoms in total. The highest BCUT2D eigenvalue weighted by Crippen LogP contribution is 2.28. The van der Waals surface area contributed by atoms with E-state index < -0.39 is 0 Å². The lowest BCUT2D eigenvalue weighted by atomic mass is 10.1. The molecule has 0 saturated carbocycles. The van der Waals surface area contributed by atoms with Crippen molar-refractivity contribution in [3.05, 3.63) is 29.6 Å². The molecule has 0 spiro atoms. The second kappa shape index (κ2) is 6.52. The summed E-state index contributed by atoms with van der Waals surface area (Å²) >= 11 is 0. The Labute approximate surface area is 119 Å². The Balaban J connectivity index is 2.18. The highest BCUT2D eigenvalue weighted by molar-refractivity contribution is 5.51. The van der Waals surface area contributed by atoms with E-state index in [9.17, 15) is 4.39 Å². The Bertz CT molecular complexity index is 443. The lowest BCUT2D eigenvalue weighted by molar-refractivity contribution is -0.00461. The van der Waals surface area contributed by atoms with Gasteiger partial charge < -0.3 is 19.7 Å². The van der Waals surface area contributed by atoms with Crippen molar-refractivity contribution in [2.45, 2.75) is 25.2 Å². The summed E-state index contributed by atoms with van der Waals surface area (Å²) in [6.45, 7) is 3.30. The van der Waals surface area contributed by atoms with Gasteiger partial charge in [-0.2, -0.15) is 0 Å². The van der Waals surface area contributed by atoms with E-state index in [1.54, 1.807) is 20.3 Å². The number of hydrogen-bond acceptors (Lipinski definition) is 4. The van der Waals surface area contributed by atoms with Crippen molar-refractivity contribution in [2.75, 3.05) is 39.3 Å². The van der Waals surface area contributed by atoms with Gasteiger partial charge in [0.1, 0.15) is 18.0 Å². The van der Waals surface area contributed by atoms with Gasteiger partial charge in [-0.1, -0.05) is 6.07 Å². The van der Waals surface area contributed by atoms with E-state index in [2.05, 4.69) is 5.32 Å². The Hall–Kier alpha value is -1.17. The third-order valence-corrected chi connectivity index (χ3v) is 4.07. The van der Waals surface area contributed by atoms with E-state index in [-0.39, 0.29) is 24.1 Å². The van der Waals surface area contributed by atoms with E-state index >= 15 is 0 Å². The van der Waals surface area contributed by atoms with Gasteiger partial charge in [-0.3, -0.25) is 0 Å². The summed E-state index contributed by atoms with van der Waals surface area (Å²) in [5.74, 6) is -0.198. The van der Waals surface area contributed by atoms with Crippen molar-refractivity contribution in [1.82, 2.24) is 5.32 Å². The fourth-order valence-corrected chi connectivity index (χ4v) is 2.61. The lowest BCUT2D eigenvalue weighted by Crippen LogP contribution is -2.27. The molecule has 3 atom stereocenters. The van der Waals surface area contributed by atoms with Crippen LogP contribution in [0.25, 0.3) is 0 Å². The van der Waals surface area contributed by atoms with Crippen LogP contribution in [0.4, 0.5) is 10.1 Å². The van der Waals surface area contributed by atoms with Gasteiger partial charge in [-0.15, -0.1) is 0 Å². The summed E-state index contributed by atoms with van der Waals surface area (Å²) in [4.78, 5) is 1.98. The molecule has 1 fully saturated rings. The van der Waals surface area contributed by atoms with Gasteiger partial charge in [0.2, 0.25) is 0 Å². The van der Waals surface area contributed by atoms with Gasteiger partial charge >= 0.3 is 0 Å². The summed E-state index contributed by atoms with van der Waals surface area (Å²) in [6, 6.07) is 5.53. The molecule has 1 saturated heterocycles. The maximum atomic E-state index is 14.3. The molecule has 5 heteroatoms. The SMILES string of the molecule is CNC(C)c1ccc(N2CC(OC)C(OC)C2)c(F)c1. The van der Waals surface area contributed by atoms with Crippen molar-refractivity contribution in [3.63, 3.8) is 0 Å². The van der Waals surface area contributed by atoms with Crippen LogP contribution in [-0.2, 0) is 9.47 Å². The summed E-state index contributed by atoms with van der Waals surface area (Å²) < 4.78 is 25.1. The molecule has 20 heavy (non-hydrogen) atoms. The monoisotopic (exact) mass is 282 g/mol. The van der Waals surface area contributed by atoms with Crippen molar-refractivity contribution >= 4 is 5.69 Å². The number of nitrogens with one attached hydrogen (secondary N) is 1. The number of halogens is 1.